The highest BCUT2D eigenvalue weighted by Crippen LogP contribution is 2.33. The van der Waals surface area contributed by atoms with Crippen LogP contribution in [0.15, 0.2) is 30.3 Å². The number of thiazole rings is 1. The van der Waals surface area contributed by atoms with Crippen molar-refractivity contribution in [2.24, 2.45) is 0 Å². The molecule has 1 fully saturated rings. The van der Waals surface area contributed by atoms with E-state index in [-0.39, 0.29) is 0 Å². The molecule has 4 heteroatoms. The van der Waals surface area contributed by atoms with E-state index < -0.39 is 0 Å². The van der Waals surface area contributed by atoms with Crippen LogP contribution in [0.1, 0.15) is 17.7 Å². The van der Waals surface area contributed by atoms with Gasteiger partial charge in [-0.05, 0) is 12.8 Å². The molecule has 1 heterocycles. The number of anilines is 1. The van der Waals surface area contributed by atoms with E-state index in [2.05, 4.69) is 34.5 Å². The van der Waals surface area contributed by atoms with Crippen molar-refractivity contribution in [1.29, 1.82) is 0 Å². The van der Waals surface area contributed by atoms with Crippen LogP contribution in [0.25, 0.3) is 11.3 Å². The fourth-order valence-corrected chi connectivity index (χ4v) is 2.95. The van der Waals surface area contributed by atoms with Gasteiger partial charge in [0.05, 0.1) is 5.69 Å². The molecule has 1 saturated carbocycles. The van der Waals surface area contributed by atoms with E-state index in [1.165, 1.54) is 23.3 Å². The molecule has 0 amide bonds. The second-order valence-corrected chi connectivity index (χ2v) is 6.25. The Morgan fingerprint density at radius 1 is 1.26 bits per heavy atom. The van der Waals surface area contributed by atoms with E-state index in [9.17, 15) is 0 Å². The van der Waals surface area contributed by atoms with Crippen molar-refractivity contribution in [2.45, 2.75) is 25.4 Å². The number of nitrogens with one attached hydrogen (secondary N) is 1. The highest BCUT2D eigenvalue weighted by atomic mass is 32.1. The quantitative estimate of drug-likeness (QED) is 0.907. The van der Waals surface area contributed by atoms with Gasteiger partial charge in [0.15, 0.2) is 5.13 Å². The van der Waals surface area contributed by atoms with Crippen molar-refractivity contribution in [3.05, 3.63) is 35.2 Å². The Kier molecular flexibility index (Phi) is 3.53. The van der Waals surface area contributed by atoms with Gasteiger partial charge in [-0.25, -0.2) is 4.98 Å². The van der Waals surface area contributed by atoms with Gasteiger partial charge in [-0.2, -0.15) is 0 Å². The molecule has 0 bridgehead atoms. The molecule has 0 saturated heterocycles. The zero-order chi connectivity index (χ0) is 13.2. The summed E-state index contributed by atoms with van der Waals surface area (Å²) in [7, 11) is 4.09. The molecule has 3 rings (SSSR count). The first-order valence-electron chi connectivity index (χ1n) is 6.70. The van der Waals surface area contributed by atoms with Gasteiger partial charge in [0.25, 0.3) is 0 Å². The maximum absolute atomic E-state index is 4.78. The number of nitrogens with zero attached hydrogens (tertiary/aromatic N) is 2. The molecule has 0 unspecified atom stereocenters. The molecule has 0 atom stereocenters. The highest BCUT2D eigenvalue weighted by molar-refractivity contribution is 7.16. The van der Waals surface area contributed by atoms with Gasteiger partial charge in [-0.15, -0.1) is 0 Å². The van der Waals surface area contributed by atoms with E-state index in [4.69, 9.17) is 4.98 Å². The summed E-state index contributed by atoms with van der Waals surface area (Å²) in [4.78, 5) is 8.20. The monoisotopic (exact) mass is 273 g/mol. The molecular weight excluding hydrogens is 254 g/mol. The first-order valence-corrected chi connectivity index (χ1v) is 7.51. The first-order chi connectivity index (χ1) is 9.24. The Balaban J connectivity index is 1.90. The van der Waals surface area contributed by atoms with Crippen LogP contribution < -0.4 is 10.2 Å². The lowest BCUT2D eigenvalue weighted by molar-refractivity contribution is 0.695. The highest BCUT2D eigenvalue weighted by Gasteiger charge is 2.22. The molecule has 0 spiro atoms. The molecule has 1 aliphatic carbocycles. The Hall–Kier alpha value is -1.39. The van der Waals surface area contributed by atoms with E-state index in [0.717, 1.165) is 23.4 Å². The molecule has 2 aromatic rings. The summed E-state index contributed by atoms with van der Waals surface area (Å²) in [6.45, 7) is 0.931. The predicted molar refractivity (Wildman–Crippen MR) is 81.7 cm³/mol. The maximum Gasteiger partial charge on any atom is 0.185 e. The topological polar surface area (TPSA) is 28.2 Å². The van der Waals surface area contributed by atoms with Crippen LogP contribution in [0.4, 0.5) is 5.13 Å². The largest absolute Gasteiger partial charge is 0.354 e. The number of hydrogen-bond donors (Lipinski definition) is 1. The number of aromatic nitrogens is 1. The third-order valence-electron chi connectivity index (χ3n) is 3.24. The van der Waals surface area contributed by atoms with Crippen LogP contribution in [0.5, 0.6) is 0 Å². The van der Waals surface area contributed by atoms with Crippen molar-refractivity contribution in [1.82, 2.24) is 10.3 Å². The van der Waals surface area contributed by atoms with E-state index in [1.807, 2.05) is 20.2 Å². The second-order valence-electron chi connectivity index (χ2n) is 5.18. The number of rotatable bonds is 5. The van der Waals surface area contributed by atoms with Crippen LogP contribution in [0.3, 0.4) is 0 Å². The lowest BCUT2D eigenvalue weighted by Gasteiger charge is -2.05. The molecule has 100 valence electrons. The summed E-state index contributed by atoms with van der Waals surface area (Å²) in [6, 6.07) is 11.2. The SMILES string of the molecule is CN(C)c1nc(-c2ccccc2)c(CNC2CC2)s1. The average molecular weight is 273 g/mol. The van der Waals surface area contributed by atoms with E-state index >= 15 is 0 Å². The summed E-state index contributed by atoms with van der Waals surface area (Å²) in [5, 5.41) is 4.66. The van der Waals surface area contributed by atoms with Crippen LogP contribution in [0, 0.1) is 0 Å². The third kappa shape index (κ3) is 2.96. The van der Waals surface area contributed by atoms with Gasteiger partial charge in [-0.3, -0.25) is 0 Å². The Bertz CT molecular complexity index is 544. The Labute approximate surface area is 118 Å². The minimum Gasteiger partial charge on any atom is -0.354 e. The minimum absolute atomic E-state index is 0.730. The summed E-state index contributed by atoms with van der Waals surface area (Å²) in [5.41, 5.74) is 2.34. The van der Waals surface area contributed by atoms with Crippen molar-refractivity contribution < 1.29 is 0 Å². The van der Waals surface area contributed by atoms with Gasteiger partial charge >= 0.3 is 0 Å². The predicted octanol–water partition coefficient (Wildman–Crippen LogP) is 3.13. The Morgan fingerprint density at radius 3 is 2.63 bits per heavy atom. The molecule has 1 aliphatic rings. The van der Waals surface area contributed by atoms with Crippen LogP contribution in [-0.2, 0) is 6.54 Å². The standard InChI is InChI=1S/C15H19N3S/c1-18(2)15-17-14(11-6-4-3-5-7-11)13(19-15)10-16-12-8-9-12/h3-7,12,16H,8-10H2,1-2H3. The molecule has 1 aromatic carbocycles. The minimum atomic E-state index is 0.730. The number of benzene rings is 1. The molecule has 1 aromatic heterocycles. The molecule has 1 N–H and O–H groups in total. The van der Waals surface area contributed by atoms with Crippen molar-refractivity contribution in [3.8, 4) is 11.3 Å². The average Bonchev–Trinajstić information content (AvgIpc) is 3.15. The molecule has 0 radical (unpaired) electrons. The molecule has 3 nitrogen and oxygen atoms in total. The van der Waals surface area contributed by atoms with E-state index in [1.54, 1.807) is 11.3 Å². The van der Waals surface area contributed by atoms with Gasteiger partial charge in [0, 0.05) is 37.1 Å². The lowest BCUT2D eigenvalue weighted by Crippen LogP contribution is -2.14. The molecule has 0 aliphatic heterocycles. The second kappa shape index (κ2) is 5.31. The summed E-state index contributed by atoms with van der Waals surface area (Å²) in [6.07, 6.45) is 2.64. The van der Waals surface area contributed by atoms with Crippen molar-refractivity contribution in [2.75, 3.05) is 19.0 Å². The molecule has 19 heavy (non-hydrogen) atoms. The van der Waals surface area contributed by atoms with E-state index in [0.29, 0.717) is 0 Å². The van der Waals surface area contributed by atoms with Crippen LogP contribution in [-0.4, -0.2) is 25.1 Å². The Morgan fingerprint density at radius 2 is 2.00 bits per heavy atom. The van der Waals surface area contributed by atoms with Gasteiger partial charge in [0.2, 0.25) is 0 Å². The summed E-state index contributed by atoms with van der Waals surface area (Å²) >= 11 is 1.78. The van der Waals surface area contributed by atoms with Crippen molar-refractivity contribution >= 4 is 16.5 Å². The van der Waals surface area contributed by atoms with Gasteiger partial charge in [-0.1, -0.05) is 41.7 Å². The summed E-state index contributed by atoms with van der Waals surface area (Å²) in [5.74, 6) is 0. The lowest BCUT2D eigenvalue weighted by atomic mass is 10.1. The fourth-order valence-electron chi connectivity index (χ4n) is 2.00. The normalized spacial score (nSPS) is 14.6. The number of hydrogen-bond acceptors (Lipinski definition) is 4. The first kappa shape index (κ1) is 12.6. The van der Waals surface area contributed by atoms with Gasteiger partial charge in [0.1, 0.15) is 0 Å². The van der Waals surface area contributed by atoms with Crippen LogP contribution >= 0.6 is 11.3 Å². The third-order valence-corrected chi connectivity index (χ3v) is 4.47. The zero-order valence-electron chi connectivity index (χ0n) is 11.4. The van der Waals surface area contributed by atoms with Crippen molar-refractivity contribution in [3.63, 3.8) is 0 Å². The zero-order valence-corrected chi connectivity index (χ0v) is 12.2. The molecular formula is C15H19N3S. The van der Waals surface area contributed by atoms with Gasteiger partial charge < -0.3 is 10.2 Å². The summed E-state index contributed by atoms with van der Waals surface area (Å²) < 4.78 is 0. The fraction of sp³-hybridized carbons (Fsp3) is 0.400. The maximum atomic E-state index is 4.78. The smallest absolute Gasteiger partial charge is 0.185 e. The van der Waals surface area contributed by atoms with Crippen LogP contribution in [0.2, 0.25) is 0 Å².